The van der Waals surface area contributed by atoms with E-state index in [1.54, 1.807) is 4.90 Å². The van der Waals surface area contributed by atoms with E-state index in [1.807, 2.05) is 13.8 Å². The normalized spacial score (nSPS) is 27.2. The van der Waals surface area contributed by atoms with Gasteiger partial charge in [0.15, 0.2) is 0 Å². The van der Waals surface area contributed by atoms with E-state index < -0.39 is 0 Å². The number of likely N-dealkylation sites (tertiary alicyclic amines) is 1. The summed E-state index contributed by atoms with van der Waals surface area (Å²) in [5.41, 5.74) is 0. The molecule has 1 unspecified atom stereocenters. The molecule has 1 N–H and O–H groups in total. The van der Waals surface area contributed by atoms with Crippen LogP contribution in [0.1, 0.15) is 52.4 Å². The predicted octanol–water partition coefficient (Wildman–Crippen LogP) is 1.44. The van der Waals surface area contributed by atoms with Crippen molar-refractivity contribution in [2.45, 2.75) is 70.5 Å². The van der Waals surface area contributed by atoms with E-state index in [4.69, 9.17) is 0 Å². The van der Waals surface area contributed by atoms with Crippen molar-refractivity contribution >= 4 is 11.8 Å². The Morgan fingerprint density at radius 3 is 2.41 bits per heavy atom. The van der Waals surface area contributed by atoms with Gasteiger partial charge in [-0.3, -0.25) is 14.5 Å². The van der Waals surface area contributed by atoms with Gasteiger partial charge in [-0.1, -0.05) is 33.1 Å². The maximum Gasteiger partial charge on any atom is 0.247 e. The number of amides is 2. The van der Waals surface area contributed by atoms with E-state index in [-0.39, 0.29) is 29.9 Å². The Hall–Kier alpha value is -0.900. The predicted molar refractivity (Wildman–Crippen MR) is 65.4 cm³/mol. The molecule has 1 saturated heterocycles. The molecule has 0 spiro atoms. The number of nitrogens with zero attached hydrogens (tertiary/aromatic N) is 1. The minimum absolute atomic E-state index is 0.00407. The van der Waals surface area contributed by atoms with Gasteiger partial charge in [0.1, 0.15) is 0 Å². The molecule has 2 aliphatic rings. The van der Waals surface area contributed by atoms with Crippen molar-refractivity contribution in [3.05, 3.63) is 0 Å². The molecule has 4 heteroatoms. The van der Waals surface area contributed by atoms with Gasteiger partial charge in [-0.2, -0.15) is 0 Å². The van der Waals surface area contributed by atoms with Crippen LogP contribution in [0.2, 0.25) is 0 Å². The zero-order chi connectivity index (χ0) is 12.4. The highest BCUT2D eigenvalue weighted by molar-refractivity contribution is 6.05. The van der Waals surface area contributed by atoms with Gasteiger partial charge >= 0.3 is 0 Å². The van der Waals surface area contributed by atoms with Crippen LogP contribution in [0.4, 0.5) is 0 Å². The summed E-state index contributed by atoms with van der Waals surface area (Å²) in [5, 5.41) is 3.18. The number of nitrogens with one attached hydrogen (secondary N) is 1. The van der Waals surface area contributed by atoms with Gasteiger partial charge in [0, 0.05) is 12.1 Å². The lowest BCUT2D eigenvalue weighted by molar-refractivity contribution is -0.142. The molecule has 1 heterocycles. The summed E-state index contributed by atoms with van der Waals surface area (Å²) < 4.78 is 0. The summed E-state index contributed by atoms with van der Waals surface area (Å²) in [5.74, 6) is 0.00986. The Labute approximate surface area is 103 Å². The fraction of sp³-hybridized carbons (Fsp3) is 0.846. The summed E-state index contributed by atoms with van der Waals surface area (Å²) in [4.78, 5) is 25.7. The van der Waals surface area contributed by atoms with E-state index in [0.717, 1.165) is 25.7 Å². The van der Waals surface area contributed by atoms with E-state index in [9.17, 15) is 9.59 Å². The van der Waals surface area contributed by atoms with Crippen LogP contribution in [0.3, 0.4) is 0 Å². The van der Waals surface area contributed by atoms with Crippen LogP contribution in [0.25, 0.3) is 0 Å². The smallest absolute Gasteiger partial charge is 0.247 e. The fourth-order valence-corrected chi connectivity index (χ4v) is 2.91. The second-order valence-electron chi connectivity index (χ2n) is 5.47. The van der Waals surface area contributed by atoms with Crippen molar-refractivity contribution in [2.75, 3.05) is 0 Å². The highest BCUT2D eigenvalue weighted by Gasteiger charge is 2.42. The van der Waals surface area contributed by atoms with E-state index >= 15 is 0 Å². The SMILES string of the molecule is CC(C)NC1CC(=O)N(C2CCCCC2)C1=O. The van der Waals surface area contributed by atoms with E-state index in [1.165, 1.54) is 6.42 Å². The van der Waals surface area contributed by atoms with Crippen molar-refractivity contribution in [2.24, 2.45) is 0 Å². The Kier molecular flexibility index (Phi) is 3.82. The van der Waals surface area contributed by atoms with Crippen molar-refractivity contribution in [1.29, 1.82) is 0 Å². The van der Waals surface area contributed by atoms with Crippen LogP contribution >= 0.6 is 0 Å². The molecule has 1 atom stereocenters. The first kappa shape index (κ1) is 12.6. The van der Waals surface area contributed by atoms with Crippen molar-refractivity contribution in [1.82, 2.24) is 10.2 Å². The van der Waals surface area contributed by atoms with Crippen LogP contribution in [-0.2, 0) is 9.59 Å². The fourth-order valence-electron chi connectivity index (χ4n) is 2.91. The molecule has 0 bridgehead atoms. The standard InChI is InChI=1S/C13H22N2O2/c1-9(2)14-11-8-12(16)15(13(11)17)10-6-4-3-5-7-10/h9-11,14H,3-8H2,1-2H3. The number of imide groups is 1. The summed E-state index contributed by atoms with van der Waals surface area (Å²) in [6.07, 6.45) is 5.85. The maximum absolute atomic E-state index is 12.2. The average molecular weight is 238 g/mol. The molecule has 2 fully saturated rings. The highest BCUT2D eigenvalue weighted by atomic mass is 16.2. The van der Waals surface area contributed by atoms with Crippen LogP contribution in [-0.4, -0.2) is 34.8 Å². The molecule has 1 aliphatic carbocycles. The first-order valence-corrected chi connectivity index (χ1v) is 6.71. The highest BCUT2D eigenvalue weighted by Crippen LogP contribution is 2.27. The van der Waals surface area contributed by atoms with Crippen LogP contribution in [0.15, 0.2) is 0 Å². The number of rotatable bonds is 3. The Bertz CT molecular complexity index is 309. The number of carbonyl (C=O) groups excluding carboxylic acids is 2. The van der Waals surface area contributed by atoms with Crippen LogP contribution in [0.5, 0.6) is 0 Å². The van der Waals surface area contributed by atoms with Gasteiger partial charge in [0.25, 0.3) is 0 Å². The molecule has 1 saturated carbocycles. The lowest BCUT2D eigenvalue weighted by atomic mass is 9.94. The molecular formula is C13H22N2O2. The molecule has 0 aromatic heterocycles. The molecular weight excluding hydrogens is 216 g/mol. The number of carbonyl (C=O) groups is 2. The molecule has 0 radical (unpaired) electrons. The third-order valence-electron chi connectivity index (χ3n) is 3.66. The van der Waals surface area contributed by atoms with Gasteiger partial charge < -0.3 is 5.32 Å². The van der Waals surface area contributed by atoms with Crippen LogP contribution < -0.4 is 5.32 Å². The molecule has 1 aliphatic heterocycles. The zero-order valence-corrected chi connectivity index (χ0v) is 10.7. The third kappa shape index (κ3) is 2.68. The third-order valence-corrected chi connectivity index (χ3v) is 3.66. The topological polar surface area (TPSA) is 49.4 Å². The molecule has 0 aromatic carbocycles. The van der Waals surface area contributed by atoms with E-state index in [2.05, 4.69) is 5.32 Å². The first-order chi connectivity index (χ1) is 8.09. The molecule has 4 nitrogen and oxygen atoms in total. The monoisotopic (exact) mass is 238 g/mol. The summed E-state index contributed by atoms with van der Waals surface area (Å²) >= 11 is 0. The van der Waals surface area contributed by atoms with Crippen molar-refractivity contribution in [3.63, 3.8) is 0 Å². The summed E-state index contributed by atoms with van der Waals surface area (Å²) in [6.45, 7) is 4.00. The Morgan fingerprint density at radius 2 is 1.82 bits per heavy atom. The quantitative estimate of drug-likeness (QED) is 0.757. The van der Waals surface area contributed by atoms with Crippen molar-refractivity contribution < 1.29 is 9.59 Å². The first-order valence-electron chi connectivity index (χ1n) is 6.71. The van der Waals surface area contributed by atoms with E-state index in [0.29, 0.717) is 6.42 Å². The Morgan fingerprint density at radius 1 is 1.18 bits per heavy atom. The van der Waals surface area contributed by atoms with Gasteiger partial charge in [0.05, 0.1) is 12.5 Å². The molecule has 2 amide bonds. The second kappa shape index (κ2) is 5.17. The largest absolute Gasteiger partial charge is 0.303 e. The Balaban J connectivity index is 2.02. The maximum atomic E-state index is 12.2. The lowest BCUT2D eigenvalue weighted by Gasteiger charge is -2.29. The van der Waals surface area contributed by atoms with Gasteiger partial charge in [0.2, 0.25) is 11.8 Å². The van der Waals surface area contributed by atoms with Crippen molar-refractivity contribution in [3.8, 4) is 0 Å². The molecule has 96 valence electrons. The molecule has 0 aromatic rings. The number of hydrogen-bond acceptors (Lipinski definition) is 3. The molecule has 2 rings (SSSR count). The second-order valence-corrected chi connectivity index (χ2v) is 5.47. The average Bonchev–Trinajstić information content (AvgIpc) is 2.54. The summed E-state index contributed by atoms with van der Waals surface area (Å²) in [6, 6.07) is 0.121. The number of hydrogen-bond donors (Lipinski definition) is 1. The summed E-state index contributed by atoms with van der Waals surface area (Å²) in [7, 11) is 0. The zero-order valence-electron chi connectivity index (χ0n) is 10.7. The van der Waals surface area contributed by atoms with Gasteiger partial charge in [-0.05, 0) is 12.8 Å². The minimum atomic E-state index is -0.288. The van der Waals surface area contributed by atoms with Gasteiger partial charge in [-0.15, -0.1) is 0 Å². The minimum Gasteiger partial charge on any atom is -0.303 e. The van der Waals surface area contributed by atoms with Crippen LogP contribution in [0, 0.1) is 0 Å². The molecule has 17 heavy (non-hydrogen) atoms. The lowest BCUT2D eigenvalue weighted by Crippen LogP contribution is -2.46. The van der Waals surface area contributed by atoms with Gasteiger partial charge in [-0.25, -0.2) is 0 Å².